The smallest absolute Gasteiger partial charge is 0.387 e. The maximum absolute atomic E-state index is 13.1. The lowest BCUT2D eigenvalue weighted by Gasteiger charge is -2.24. The van der Waals surface area contributed by atoms with Crippen molar-refractivity contribution in [2.75, 3.05) is 12.4 Å². The highest BCUT2D eigenvalue weighted by Gasteiger charge is 2.33. The molecular weight excluding hydrogens is 404 g/mol. The fourth-order valence-corrected chi connectivity index (χ4v) is 3.56. The molecule has 31 heavy (non-hydrogen) atoms. The predicted molar refractivity (Wildman–Crippen MR) is 114 cm³/mol. The first-order valence-electron chi connectivity index (χ1n) is 10.00. The standard InChI is InChI=1S/C23H23F2N3O3/c1-14-5-9-18(17-4-3-11-26-21(14)17)27-23(29)28(16-7-8-16)13-15-6-10-19(31-22(24)25)20(12-15)30-2/h3-6,9-12,16,22H,7-8,13H2,1-2H3,(H,27,29). The molecule has 0 atom stereocenters. The second-order valence-electron chi connectivity index (χ2n) is 7.48. The van der Waals surface area contributed by atoms with Crippen LogP contribution in [-0.2, 0) is 6.54 Å². The molecule has 1 heterocycles. The van der Waals surface area contributed by atoms with Crippen LogP contribution in [0.1, 0.15) is 24.0 Å². The highest BCUT2D eigenvalue weighted by Crippen LogP contribution is 2.33. The van der Waals surface area contributed by atoms with E-state index in [9.17, 15) is 13.6 Å². The van der Waals surface area contributed by atoms with Crippen molar-refractivity contribution >= 4 is 22.6 Å². The molecular formula is C23H23F2N3O3. The first-order chi connectivity index (χ1) is 15.0. The molecule has 1 aromatic heterocycles. The van der Waals surface area contributed by atoms with Crippen LogP contribution in [0.5, 0.6) is 11.5 Å². The Kier molecular flexibility index (Phi) is 5.88. The lowest BCUT2D eigenvalue weighted by atomic mass is 10.1. The molecule has 0 bridgehead atoms. The van der Waals surface area contributed by atoms with Crippen LogP contribution in [-0.4, -0.2) is 35.7 Å². The second kappa shape index (κ2) is 8.75. The SMILES string of the molecule is COc1cc(CN(C(=O)Nc2ccc(C)c3ncccc23)C2CC2)ccc1OC(F)F. The molecule has 0 spiro atoms. The van der Waals surface area contributed by atoms with Crippen molar-refractivity contribution in [3.05, 3.63) is 59.8 Å². The van der Waals surface area contributed by atoms with Crippen molar-refractivity contribution in [2.24, 2.45) is 0 Å². The Hall–Kier alpha value is -3.42. The lowest BCUT2D eigenvalue weighted by Crippen LogP contribution is -2.36. The van der Waals surface area contributed by atoms with Crippen molar-refractivity contribution in [1.29, 1.82) is 0 Å². The fraction of sp³-hybridized carbons (Fsp3) is 0.304. The van der Waals surface area contributed by atoms with Gasteiger partial charge in [0.15, 0.2) is 11.5 Å². The van der Waals surface area contributed by atoms with E-state index < -0.39 is 6.61 Å². The Labute approximate surface area is 178 Å². The number of nitrogens with zero attached hydrogens (tertiary/aromatic N) is 2. The number of halogens is 2. The molecule has 1 aliphatic carbocycles. The summed E-state index contributed by atoms with van der Waals surface area (Å²) in [4.78, 5) is 19.3. The van der Waals surface area contributed by atoms with Gasteiger partial charge in [-0.3, -0.25) is 4.98 Å². The van der Waals surface area contributed by atoms with Gasteiger partial charge < -0.3 is 19.7 Å². The number of anilines is 1. The van der Waals surface area contributed by atoms with E-state index in [0.29, 0.717) is 12.2 Å². The van der Waals surface area contributed by atoms with E-state index in [2.05, 4.69) is 15.0 Å². The number of amides is 2. The molecule has 3 aromatic rings. The van der Waals surface area contributed by atoms with Gasteiger partial charge in [0.1, 0.15) is 0 Å². The molecule has 162 valence electrons. The first kappa shape index (κ1) is 20.8. The summed E-state index contributed by atoms with van der Waals surface area (Å²) in [6.07, 6.45) is 3.58. The molecule has 8 heteroatoms. The minimum absolute atomic E-state index is 0.0395. The summed E-state index contributed by atoms with van der Waals surface area (Å²) >= 11 is 0. The van der Waals surface area contributed by atoms with Crippen LogP contribution in [0.15, 0.2) is 48.7 Å². The summed E-state index contributed by atoms with van der Waals surface area (Å²) in [6, 6.07) is 12.2. The maximum Gasteiger partial charge on any atom is 0.387 e. The molecule has 2 amide bonds. The quantitative estimate of drug-likeness (QED) is 0.552. The largest absolute Gasteiger partial charge is 0.493 e. The number of carbonyl (C=O) groups is 1. The van der Waals surface area contributed by atoms with Crippen molar-refractivity contribution in [2.45, 2.75) is 39.0 Å². The second-order valence-corrected chi connectivity index (χ2v) is 7.48. The highest BCUT2D eigenvalue weighted by atomic mass is 19.3. The maximum atomic E-state index is 13.1. The molecule has 1 aliphatic rings. The van der Waals surface area contributed by atoms with Gasteiger partial charge in [0.25, 0.3) is 0 Å². The number of nitrogens with one attached hydrogen (secondary N) is 1. The number of aryl methyl sites for hydroxylation is 1. The average Bonchev–Trinajstić information content (AvgIpc) is 3.60. The van der Waals surface area contributed by atoms with Gasteiger partial charge in [-0.15, -0.1) is 0 Å². The van der Waals surface area contributed by atoms with Gasteiger partial charge in [0.2, 0.25) is 0 Å². The molecule has 6 nitrogen and oxygen atoms in total. The summed E-state index contributed by atoms with van der Waals surface area (Å²) in [5.74, 6) is 0.159. The van der Waals surface area contributed by atoms with Crippen LogP contribution >= 0.6 is 0 Å². The third kappa shape index (κ3) is 4.68. The van der Waals surface area contributed by atoms with E-state index in [4.69, 9.17) is 4.74 Å². The third-order valence-corrected chi connectivity index (χ3v) is 5.26. The van der Waals surface area contributed by atoms with Crippen LogP contribution in [0.4, 0.5) is 19.3 Å². The number of benzene rings is 2. The third-order valence-electron chi connectivity index (χ3n) is 5.26. The summed E-state index contributed by atoms with van der Waals surface area (Å²) in [6.45, 7) is -0.636. The Morgan fingerprint density at radius 1 is 1.23 bits per heavy atom. The van der Waals surface area contributed by atoms with Crippen molar-refractivity contribution in [3.63, 3.8) is 0 Å². The predicted octanol–water partition coefficient (Wildman–Crippen LogP) is 5.35. The molecule has 0 aliphatic heterocycles. The number of pyridine rings is 1. The number of hydrogen-bond acceptors (Lipinski definition) is 4. The number of alkyl halides is 2. The molecule has 1 fully saturated rings. The van der Waals surface area contributed by atoms with Crippen molar-refractivity contribution in [1.82, 2.24) is 9.88 Å². The van der Waals surface area contributed by atoms with Gasteiger partial charge in [-0.05, 0) is 61.2 Å². The van der Waals surface area contributed by atoms with Crippen molar-refractivity contribution in [3.8, 4) is 11.5 Å². The van der Waals surface area contributed by atoms with E-state index in [-0.39, 0.29) is 23.6 Å². The van der Waals surface area contributed by atoms with Crippen LogP contribution in [0.2, 0.25) is 0 Å². The molecule has 0 saturated heterocycles. The number of methoxy groups -OCH3 is 1. The number of hydrogen-bond donors (Lipinski definition) is 1. The van der Waals surface area contributed by atoms with E-state index >= 15 is 0 Å². The molecule has 4 rings (SSSR count). The number of rotatable bonds is 7. The van der Waals surface area contributed by atoms with Crippen LogP contribution < -0.4 is 14.8 Å². The van der Waals surface area contributed by atoms with E-state index in [0.717, 1.165) is 34.9 Å². The van der Waals surface area contributed by atoms with Crippen LogP contribution in [0.3, 0.4) is 0 Å². The van der Waals surface area contributed by atoms with E-state index in [1.165, 1.54) is 13.2 Å². The number of fused-ring (bicyclic) bond motifs is 1. The fourth-order valence-electron chi connectivity index (χ4n) is 3.56. The Morgan fingerprint density at radius 3 is 2.74 bits per heavy atom. The monoisotopic (exact) mass is 427 g/mol. The van der Waals surface area contributed by atoms with Gasteiger partial charge in [0.05, 0.1) is 18.3 Å². The van der Waals surface area contributed by atoms with E-state index in [1.54, 1.807) is 23.2 Å². The van der Waals surface area contributed by atoms with Gasteiger partial charge >= 0.3 is 12.6 Å². The Bertz CT molecular complexity index is 1100. The normalized spacial score (nSPS) is 13.3. The average molecular weight is 427 g/mol. The molecule has 1 saturated carbocycles. The van der Waals surface area contributed by atoms with Crippen molar-refractivity contribution < 1.29 is 23.0 Å². The zero-order valence-electron chi connectivity index (χ0n) is 17.3. The zero-order chi connectivity index (χ0) is 22.0. The van der Waals surface area contributed by atoms with Gasteiger partial charge in [-0.1, -0.05) is 12.1 Å². The van der Waals surface area contributed by atoms with E-state index in [1.807, 2.05) is 31.2 Å². The van der Waals surface area contributed by atoms with Crippen LogP contribution in [0, 0.1) is 6.92 Å². The lowest BCUT2D eigenvalue weighted by molar-refractivity contribution is -0.0512. The molecule has 2 aromatic carbocycles. The highest BCUT2D eigenvalue weighted by molar-refractivity contribution is 6.01. The minimum atomic E-state index is -2.94. The summed E-state index contributed by atoms with van der Waals surface area (Å²) < 4.78 is 34.8. The number of carbonyl (C=O) groups excluding carboxylic acids is 1. The first-order valence-corrected chi connectivity index (χ1v) is 10.00. The molecule has 1 N–H and O–H groups in total. The summed E-state index contributed by atoms with van der Waals surface area (Å²) in [7, 11) is 1.39. The summed E-state index contributed by atoms with van der Waals surface area (Å²) in [5.41, 5.74) is 3.34. The molecule has 0 unspecified atom stereocenters. The Balaban J connectivity index is 1.55. The number of urea groups is 1. The zero-order valence-corrected chi connectivity index (χ0v) is 17.3. The molecule has 0 radical (unpaired) electrons. The minimum Gasteiger partial charge on any atom is -0.493 e. The van der Waals surface area contributed by atoms with Gasteiger partial charge in [0, 0.05) is 24.2 Å². The number of aromatic nitrogens is 1. The van der Waals surface area contributed by atoms with Gasteiger partial charge in [-0.2, -0.15) is 8.78 Å². The summed E-state index contributed by atoms with van der Waals surface area (Å²) in [5, 5.41) is 3.89. The Morgan fingerprint density at radius 2 is 2.03 bits per heavy atom. The number of ether oxygens (including phenoxy) is 2. The van der Waals surface area contributed by atoms with Gasteiger partial charge in [-0.25, -0.2) is 4.79 Å². The van der Waals surface area contributed by atoms with Crippen LogP contribution in [0.25, 0.3) is 10.9 Å². The topological polar surface area (TPSA) is 63.7 Å².